The van der Waals surface area contributed by atoms with Crippen molar-refractivity contribution in [1.82, 2.24) is 10.3 Å². The van der Waals surface area contributed by atoms with Gasteiger partial charge in [-0.1, -0.05) is 38.5 Å². The number of fused-ring (bicyclic) bond motifs is 1. The summed E-state index contributed by atoms with van der Waals surface area (Å²) < 4.78 is 5.10. The summed E-state index contributed by atoms with van der Waals surface area (Å²) in [7, 11) is 0. The fourth-order valence-corrected chi connectivity index (χ4v) is 4.58. The summed E-state index contributed by atoms with van der Waals surface area (Å²) in [5.41, 5.74) is 4.91. The molecule has 0 saturated heterocycles. The summed E-state index contributed by atoms with van der Waals surface area (Å²) in [6.07, 6.45) is 3.75. The van der Waals surface area contributed by atoms with Crippen LogP contribution in [0.5, 0.6) is 5.75 Å². The molecule has 1 fully saturated rings. The lowest BCUT2D eigenvalue weighted by atomic mass is 9.89. The Hall–Kier alpha value is -3.41. The van der Waals surface area contributed by atoms with Gasteiger partial charge in [0.1, 0.15) is 5.75 Å². The van der Waals surface area contributed by atoms with Crippen molar-refractivity contribution >= 4 is 28.5 Å². The van der Waals surface area contributed by atoms with E-state index in [0.29, 0.717) is 17.4 Å². The highest BCUT2D eigenvalue weighted by Gasteiger charge is 2.25. The number of hydrogen-bond acceptors (Lipinski definition) is 5. The van der Waals surface area contributed by atoms with Crippen molar-refractivity contribution in [1.29, 1.82) is 0 Å². The van der Waals surface area contributed by atoms with Crippen molar-refractivity contribution in [2.24, 2.45) is 0 Å². The first kappa shape index (κ1) is 24.7. The number of pyridine rings is 1. The average molecular weight is 474 g/mol. The fourth-order valence-electron chi connectivity index (χ4n) is 4.58. The van der Waals surface area contributed by atoms with Crippen LogP contribution >= 0.6 is 0 Å². The topological polar surface area (TPSA) is 80.3 Å². The number of hydrogen-bond donors (Lipinski definition) is 2. The van der Waals surface area contributed by atoms with Crippen LogP contribution in [0, 0.1) is 6.92 Å². The van der Waals surface area contributed by atoms with E-state index >= 15 is 0 Å². The number of rotatable bonds is 5. The molecule has 0 unspecified atom stereocenters. The van der Waals surface area contributed by atoms with Crippen molar-refractivity contribution in [3.05, 3.63) is 65.4 Å². The van der Waals surface area contributed by atoms with E-state index in [-0.39, 0.29) is 17.4 Å². The van der Waals surface area contributed by atoms with Gasteiger partial charge in [-0.05, 0) is 69.0 Å². The minimum atomic E-state index is -0.403. The normalized spacial score (nSPS) is 18.2. The predicted molar refractivity (Wildman–Crippen MR) is 140 cm³/mol. The van der Waals surface area contributed by atoms with Gasteiger partial charge >= 0.3 is 5.97 Å². The molecule has 2 N–H and O–H groups in total. The molecular weight excluding hydrogens is 438 g/mol. The summed E-state index contributed by atoms with van der Waals surface area (Å²) in [6, 6.07) is 15.8. The molecule has 1 heterocycles. The van der Waals surface area contributed by atoms with Crippen LogP contribution < -0.4 is 15.4 Å². The highest BCUT2D eigenvalue weighted by Crippen LogP contribution is 2.32. The number of aryl methyl sites for hydroxylation is 1. The maximum Gasteiger partial charge on any atom is 0.308 e. The number of nitrogens with one attached hydrogen (secondary N) is 2. The molecular formula is C29H35N3O3. The van der Waals surface area contributed by atoms with E-state index in [1.807, 2.05) is 0 Å². The number of ether oxygens (including phenoxy) is 1. The van der Waals surface area contributed by atoms with Crippen molar-refractivity contribution in [2.75, 3.05) is 5.32 Å². The zero-order valence-corrected chi connectivity index (χ0v) is 21.3. The summed E-state index contributed by atoms with van der Waals surface area (Å²) in [6.45, 7) is 10.0. The van der Waals surface area contributed by atoms with Gasteiger partial charge in [0.25, 0.3) is 5.91 Å². The Labute approximate surface area is 207 Å². The Balaban J connectivity index is 1.41. The maximum atomic E-state index is 12.8. The largest absolute Gasteiger partial charge is 0.427 e. The molecule has 6 nitrogen and oxygen atoms in total. The van der Waals surface area contributed by atoms with Gasteiger partial charge in [0.2, 0.25) is 0 Å². The third kappa shape index (κ3) is 6.18. The minimum absolute atomic E-state index is 0.0375. The molecule has 2 aromatic carbocycles. The number of esters is 1. The second-order valence-electron chi connectivity index (χ2n) is 10.6. The van der Waals surface area contributed by atoms with Crippen LogP contribution in [0.25, 0.3) is 10.9 Å². The Kier molecular flexibility index (Phi) is 7.10. The average Bonchev–Trinajstić information content (AvgIpc) is 2.79. The highest BCUT2D eigenvalue weighted by atomic mass is 16.5. The molecule has 0 radical (unpaired) electrons. The van der Waals surface area contributed by atoms with E-state index in [1.54, 1.807) is 24.3 Å². The first-order valence-electron chi connectivity index (χ1n) is 12.4. The van der Waals surface area contributed by atoms with Crippen molar-refractivity contribution in [3.63, 3.8) is 0 Å². The van der Waals surface area contributed by atoms with Crippen LogP contribution in [0.15, 0.2) is 48.5 Å². The number of amides is 1. The Morgan fingerprint density at radius 3 is 2.37 bits per heavy atom. The number of carbonyl (C=O) groups excluding carboxylic acids is 2. The SMILES string of the molecule is CC(=O)Oc1cccc(C(=O)NC2CCC(Nc3cc(C(C)(C)C)nc4ccc(C)cc34)CC2)c1. The van der Waals surface area contributed by atoms with Gasteiger partial charge in [0.15, 0.2) is 0 Å². The van der Waals surface area contributed by atoms with E-state index < -0.39 is 5.97 Å². The highest BCUT2D eigenvalue weighted by molar-refractivity contribution is 5.95. The van der Waals surface area contributed by atoms with E-state index in [9.17, 15) is 9.59 Å². The predicted octanol–water partition coefficient (Wildman–Crippen LogP) is 5.92. The summed E-state index contributed by atoms with van der Waals surface area (Å²) in [5.74, 6) is -0.159. The van der Waals surface area contributed by atoms with Gasteiger partial charge in [-0.15, -0.1) is 0 Å². The van der Waals surface area contributed by atoms with Gasteiger partial charge in [-0.25, -0.2) is 0 Å². The molecule has 35 heavy (non-hydrogen) atoms. The molecule has 4 rings (SSSR count). The number of anilines is 1. The first-order chi connectivity index (χ1) is 16.6. The second kappa shape index (κ2) is 10.1. The van der Waals surface area contributed by atoms with E-state index in [4.69, 9.17) is 9.72 Å². The van der Waals surface area contributed by atoms with Crippen LogP contribution in [0.3, 0.4) is 0 Å². The first-order valence-corrected chi connectivity index (χ1v) is 12.4. The molecule has 1 amide bonds. The monoisotopic (exact) mass is 473 g/mol. The smallest absolute Gasteiger partial charge is 0.308 e. The lowest BCUT2D eigenvalue weighted by Gasteiger charge is -2.31. The minimum Gasteiger partial charge on any atom is -0.427 e. The van der Waals surface area contributed by atoms with Crippen LogP contribution in [-0.4, -0.2) is 28.9 Å². The van der Waals surface area contributed by atoms with E-state index in [2.05, 4.69) is 62.6 Å². The summed E-state index contributed by atoms with van der Waals surface area (Å²) in [5, 5.41) is 8.10. The van der Waals surface area contributed by atoms with Crippen molar-refractivity contribution in [3.8, 4) is 5.75 Å². The molecule has 1 aliphatic carbocycles. The molecule has 0 atom stereocenters. The van der Waals surface area contributed by atoms with Gasteiger partial charge in [-0.3, -0.25) is 14.6 Å². The molecule has 0 spiro atoms. The van der Waals surface area contributed by atoms with Crippen LogP contribution in [-0.2, 0) is 10.2 Å². The molecule has 1 saturated carbocycles. The van der Waals surface area contributed by atoms with E-state index in [0.717, 1.165) is 48.0 Å². The van der Waals surface area contributed by atoms with Gasteiger partial charge in [-0.2, -0.15) is 0 Å². The summed E-state index contributed by atoms with van der Waals surface area (Å²) in [4.78, 5) is 28.9. The Morgan fingerprint density at radius 1 is 0.971 bits per heavy atom. The number of aromatic nitrogens is 1. The molecule has 0 bridgehead atoms. The van der Waals surface area contributed by atoms with Gasteiger partial charge < -0.3 is 15.4 Å². The van der Waals surface area contributed by atoms with Crippen LogP contribution in [0.1, 0.15) is 75.0 Å². The lowest BCUT2D eigenvalue weighted by Crippen LogP contribution is -2.40. The third-order valence-electron chi connectivity index (χ3n) is 6.51. The third-order valence-corrected chi connectivity index (χ3v) is 6.51. The standard InChI is InChI=1S/C29H35N3O3/c1-18-9-14-25-24(15-18)26(17-27(32-25)29(3,4)5)30-21-10-12-22(13-11-21)31-28(34)20-7-6-8-23(16-20)35-19(2)33/h6-9,14-17,21-22H,10-13H2,1-5H3,(H,30,32)(H,31,34). The van der Waals surface area contributed by atoms with Crippen molar-refractivity contribution in [2.45, 2.75) is 77.8 Å². The molecule has 1 aromatic heterocycles. The van der Waals surface area contributed by atoms with Gasteiger partial charge in [0, 0.05) is 46.8 Å². The Bertz CT molecular complexity index is 1240. The lowest BCUT2D eigenvalue weighted by molar-refractivity contribution is -0.131. The number of carbonyl (C=O) groups is 2. The fraction of sp³-hybridized carbons (Fsp3) is 0.414. The number of benzene rings is 2. The maximum absolute atomic E-state index is 12.8. The van der Waals surface area contributed by atoms with Gasteiger partial charge in [0.05, 0.1) is 5.52 Å². The van der Waals surface area contributed by atoms with E-state index in [1.165, 1.54) is 12.5 Å². The van der Waals surface area contributed by atoms with Crippen molar-refractivity contribution < 1.29 is 14.3 Å². The zero-order chi connectivity index (χ0) is 25.2. The molecule has 184 valence electrons. The molecule has 6 heteroatoms. The second-order valence-corrected chi connectivity index (χ2v) is 10.6. The zero-order valence-electron chi connectivity index (χ0n) is 21.3. The number of nitrogens with zero attached hydrogens (tertiary/aromatic N) is 1. The molecule has 1 aliphatic rings. The summed E-state index contributed by atoms with van der Waals surface area (Å²) >= 11 is 0. The molecule has 0 aliphatic heterocycles. The van der Waals surface area contributed by atoms with Crippen LogP contribution in [0.4, 0.5) is 5.69 Å². The quantitative estimate of drug-likeness (QED) is 0.355. The van der Waals surface area contributed by atoms with Crippen LogP contribution in [0.2, 0.25) is 0 Å². The molecule has 3 aromatic rings. The Morgan fingerprint density at radius 2 is 1.69 bits per heavy atom.